The Morgan fingerprint density at radius 2 is 0.707 bits per heavy atom. The number of fused-ring (bicyclic) bond motifs is 6. The van der Waals surface area contributed by atoms with Crippen molar-refractivity contribution in [3.63, 3.8) is 0 Å². The largest absolute Gasteiger partial charge is 0.317 e. The molecule has 0 saturated heterocycles. The molecule has 0 bridgehead atoms. The molecule has 8 aromatic carbocycles. The fourth-order valence-electron chi connectivity index (χ4n) is 8.50. The molecule has 11 aromatic rings. The number of para-hydroxylation sites is 4. The molecule has 6 nitrogen and oxygen atoms in total. The second-order valence-corrected chi connectivity index (χ2v) is 14.3. The fourth-order valence-corrected chi connectivity index (χ4v) is 8.50. The van der Waals surface area contributed by atoms with Crippen LogP contribution in [0.3, 0.4) is 0 Å². The third kappa shape index (κ3) is 5.22. The van der Waals surface area contributed by atoms with Crippen LogP contribution >= 0.6 is 0 Å². The Hall–Kier alpha value is -8.14. The first-order chi connectivity index (χ1) is 28.8. The van der Waals surface area contributed by atoms with Gasteiger partial charge in [-0.3, -0.25) is 0 Å². The number of aromatic nitrogens is 5. The summed E-state index contributed by atoms with van der Waals surface area (Å²) in [5.74, 6) is 1.59. The first kappa shape index (κ1) is 33.2. The average Bonchev–Trinajstić information content (AvgIpc) is 3.82. The Balaban J connectivity index is 1.38. The number of hydrogen-bond donors (Lipinski definition) is 0. The van der Waals surface area contributed by atoms with E-state index in [1.165, 1.54) is 0 Å². The molecule has 0 N–H and O–H groups in total. The zero-order valence-electron chi connectivity index (χ0n) is 31.2. The Morgan fingerprint density at radius 1 is 0.362 bits per heavy atom. The molecule has 0 saturated carbocycles. The molecule has 11 rings (SSSR count). The summed E-state index contributed by atoms with van der Waals surface area (Å²) in [5, 5.41) is 4.48. The Kier molecular flexibility index (Phi) is 7.76. The summed E-state index contributed by atoms with van der Waals surface area (Å²) >= 11 is 0. The highest BCUT2D eigenvalue weighted by Gasteiger charge is 2.29. The molecule has 0 unspecified atom stereocenters. The lowest BCUT2D eigenvalue weighted by Crippen LogP contribution is -2.09. The van der Waals surface area contributed by atoms with Crippen molar-refractivity contribution >= 4 is 49.3 Å². The summed E-state index contributed by atoms with van der Waals surface area (Å²) in [6.45, 7) is 8.99. The molecule has 0 aliphatic heterocycles. The number of hydrogen-bond acceptors (Lipinski definition) is 3. The second-order valence-electron chi connectivity index (χ2n) is 14.3. The fraction of sp³-hybridized carbons (Fsp3) is 0. The van der Waals surface area contributed by atoms with Crippen molar-refractivity contribution in [2.24, 2.45) is 0 Å². The summed E-state index contributed by atoms with van der Waals surface area (Å²) in [7, 11) is 0. The predicted molar refractivity (Wildman–Crippen MR) is 237 cm³/mol. The van der Waals surface area contributed by atoms with E-state index in [9.17, 15) is 0 Å². The van der Waals surface area contributed by atoms with Crippen molar-refractivity contribution in [1.29, 1.82) is 0 Å². The van der Waals surface area contributed by atoms with Crippen molar-refractivity contribution < 1.29 is 0 Å². The smallest absolute Gasteiger partial charge is 0.213 e. The average molecular weight is 741 g/mol. The van der Waals surface area contributed by atoms with Crippen LogP contribution in [0.4, 0.5) is 5.69 Å². The van der Waals surface area contributed by atoms with E-state index in [1.807, 2.05) is 72.8 Å². The summed E-state index contributed by atoms with van der Waals surface area (Å²) in [5.41, 5.74) is 10.6. The molecular weight excluding hydrogens is 709 g/mol. The van der Waals surface area contributed by atoms with Crippen LogP contribution in [0.1, 0.15) is 0 Å². The van der Waals surface area contributed by atoms with Crippen molar-refractivity contribution in [3.05, 3.63) is 206 Å². The number of nitrogens with zero attached hydrogens (tertiary/aromatic N) is 6. The maximum Gasteiger partial charge on any atom is 0.213 e. The van der Waals surface area contributed by atoms with Crippen molar-refractivity contribution in [1.82, 2.24) is 24.1 Å². The second kappa shape index (κ2) is 13.6. The molecule has 0 aliphatic rings. The summed E-state index contributed by atoms with van der Waals surface area (Å²) < 4.78 is 4.63. The highest BCUT2D eigenvalue weighted by molar-refractivity contribution is 6.14. The van der Waals surface area contributed by atoms with Gasteiger partial charge in [0.25, 0.3) is 0 Å². The maximum absolute atomic E-state index is 8.99. The molecule has 270 valence electrons. The van der Waals surface area contributed by atoms with Gasteiger partial charge in [-0.05, 0) is 35.9 Å². The lowest BCUT2D eigenvalue weighted by atomic mass is 9.94. The highest BCUT2D eigenvalue weighted by atomic mass is 15.1. The molecule has 0 radical (unpaired) electrons. The highest BCUT2D eigenvalue weighted by Crippen LogP contribution is 2.49. The molecular formula is C52H32N6. The van der Waals surface area contributed by atoms with Gasteiger partial charge >= 0.3 is 0 Å². The standard InChI is InChI=1S/C52H32N6/c1-53-42-33-41(52-55-50(35-21-7-3-8-22-35)54-51(56-52)36-23-9-4-10-24-36)47(34-19-5-2-6-20-34)49(58-45-31-17-13-27-39(45)40-28-14-18-32-46(40)58)48(42)57-43-29-15-11-25-37(43)38-26-12-16-30-44(38)57/h2-33H. The van der Waals surface area contributed by atoms with Gasteiger partial charge in [0.2, 0.25) is 5.69 Å². The van der Waals surface area contributed by atoms with Crippen LogP contribution in [0.25, 0.3) is 105 Å². The predicted octanol–water partition coefficient (Wildman–Crippen LogP) is 13.3. The van der Waals surface area contributed by atoms with E-state index in [0.29, 0.717) is 23.2 Å². The molecule has 3 heterocycles. The molecule has 58 heavy (non-hydrogen) atoms. The van der Waals surface area contributed by atoms with Crippen molar-refractivity contribution in [2.45, 2.75) is 0 Å². The third-order valence-corrected chi connectivity index (χ3v) is 11.0. The zero-order chi connectivity index (χ0) is 38.6. The maximum atomic E-state index is 8.99. The van der Waals surface area contributed by atoms with Crippen LogP contribution in [0.2, 0.25) is 0 Å². The van der Waals surface area contributed by atoms with Crippen LogP contribution in [0.15, 0.2) is 194 Å². The van der Waals surface area contributed by atoms with Gasteiger partial charge in [0, 0.05) is 43.8 Å². The topological polar surface area (TPSA) is 52.9 Å². The molecule has 0 fully saturated rings. The molecule has 0 spiro atoms. The van der Waals surface area contributed by atoms with E-state index >= 15 is 0 Å². The van der Waals surface area contributed by atoms with Gasteiger partial charge in [0.05, 0.1) is 40.0 Å². The summed E-state index contributed by atoms with van der Waals surface area (Å²) in [6, 6.07) is 66.5. The van der Waals surface area contributed by atoms with Gasteiger partial charge < -0.3 is 9.13 Å². The minimum absolute atomic E-state index is 0.473. The van der Waals surface area contributed by atoms with Crippen LogP contribution in [0.5, 0.6) is 0 Å². The number of rotatable bonds is 6. The van der Waals surface area contributed by atoms with Crippen LogP contribution in [0, 0.1) is 6.57 Å². The van der Waals surface area contributed by atoms with E-state index < -0.39 is 0 Å². The molecule has 3 aromatic heterocycles. The van der Waals surface area contributed by atoms with Crippen molar-refractivity contribution in [3.8, 4) is 56.7 Å². The van der Waals surface area contributed by atoms with E-state index in [0.717, 1.165) is 82.8 Å². The van der Waals surface area contributed by atoms with Gasteiger partial charge in [-0.1, -0.05) is 164 Å². The zero-order valence-corrected chi connectivity index (χ0v) is 31.2. The van der Waals surface area contributed by atoms with E-state index in [-0.39, 0.29) is 0 Å². The summed E-state index contributed by atoms with van der Waals surface area (Å²) in [4.78, 5) is 19.9. The lowest BCUT2D eigenvalue weighted by Gasteiger charge is -2.24. The summed E-state index contributed by atoms with van der Waals surface area (Å²) in [6.07, 6.45) is 0. The molecule has 0 aliphatic carbocycles. The normalized spacial score (nSPS) is 11.4. The first-order valence-corrected chi connectivity index (χ1v) is 19.2. The molecule has 0 amide bonds. The van der Waals surface area contributed by atoms with Crippen LogP contribution in [-0.4, -0.2) is 24.1 Å². The number of benzene rings is 8. The SMILES string of the molecule is [C-]#[N+]c1cc(-c2nc(-c3ccccc3)nc(-c3ccccc3)n2)c(-c2ccccc2)c(-n2c3ccccc3c3ccccc32)c1-n1c2ccccc2c2ccccc21. The van der Waals surface area contributed by atoms with E-state index in [4.69, 9.17) is 21.5 Å². The van der Waals surface area contributed by atoms with Gasteiger partial charge in [-0.2, -0.15) is 0 Å². The Labute approximate surface area is 334 Å². The van der Waals surface area contributed by atoms with Gasteiger partial charge in [-0.15, -0.1) is 0 Å². The minimum atomic E-state index is 0.473. The van der Waals surface area contributed by atoms with Crippen molar-refractivity contribution in [2.75, 3.05) is 0 Å². The quantitative estimate of drug-likeness (QED) is 0.160. The molecule has 0 atom stereocenters. The van der Waals surface area contributed by atoms with Gasteiger partial charge in [0.1, 0.15) is 0 Å². The van der Waals surface area contributed by atoms with Gasteiger partial charge in [0.15, 0.2) is 17.5 Å². The van der Waals surface area contributed by atoms with Crippen LogP contribution in [-0.2, 0) is 0 Å². The Morgan fingerprint density at radius 3 is 1.12 bits per heavy atom. The van der Waals surface area contributed by atoms with Gasteiger partial charge in [-0.25, -0.2) is 19.8 Å². The molecule has 6 heteroatoms. The Bertz CT molecular complexity index is 3230. The lowest BCUT2D eigenvalue weighted by molar-refractivity contribution is 1.07. The van der Waals surface area contributed by atoms with Crippen LogP contribution < -0.4 is 0 Å². The minimum Gasteiger partial charge on any atom is -0.317 e. The van der Waals surface area contributed by atoms with E-state index in [1.54, 1.807) is 0 Å². The first-order valence-electron chi connectivity index (χ1n) is 19.2. The third-order valence-electron chi connectivity index (χ3n) is 11.0. The monoisotopic (exact) mass is 740 g/mol. The van der Waals surface area contributed by atoms with E-state index in [2.05, 4.69) is 135 Å².